The van der Waals surface area contributed by atoms with E-state index in [0.29, 0.717) is 0 Å². The van der Waals surface area contributed by atoms with E-state index >= 15 is 0 Å². The number of piperidine rings is 1. The molecule has 0 atom stereocenters. The van der Waals surface area contributed by atoms with Crippen molar-refractivity contribution in [2.45, 2.75) is 79.6 Å². The SMILES string of the molecule is CC.CC.CCC.c1ccc(C2CCN(CC3CC3)CC2)cc1. The monoisotopic (exact) mass is 319 g/mol. The molecule has 1 heteroatoms. The summed E-state index contributed by atoms with van der Waals surface area (Å²) < 4.78 is 0. The Morgan fingerprint density at radius 3 is 1.74 bits per heavy atom. The third-order valence-electron chi connectivity index (χ3n) is 4.07. The number of nitrogens with zero attached hydrogens (tertiary/aromatic N) is 1. The molecular formula is C22H41N. The van der Waals surface area contributed by atoms with E-state index in [-0.39, 0.29) is 0 Å². The average molecular weight is 320 g/mol. The van der Waals surface area contributed by atoms with Crippen molar-refractivity contribution in [2.24, 2.45) is 5.92 Å². The van der Waals surface area contributed by atoms with Crippen LogP contribution in [0.3, 0.4) is 0 Å². The average Bonchev–Trinajstić information content (AvgIpc) is 3.45. The Morgan fingerprint density at radius 1 is 0.826 bits per heavy atom. The van der Waals surface area contributed by atoms with Crippen LogP contribution in [0.25, 0.3) is 0 Å². The Morgan fingerprint density at radius 2 is 1.30 bits per heavy atom. The van der Waals surface area contributed by atoms with Crippen molar-refractivity contribution >= 4 is 0 Å². The van der Waals surface area contributed by atoms with Gasteiger partial charge in [0.15, 0.2) is 0 Å². The van der Waals surface area contributed by atoms with Crippen molar-refractivity contribution in [1.82, 2.24) is 4.90 Å². The summed E-state index contributed by atoms with van der Waals surface area (Å²) in [4.78, 5) is 2.68. The second-order valence-corrected chi connectivity index (χ2v) is 6.14. The molecule has 3 rings (SSSR count). The molecule has 1 aromatic rings. The van der Waals surface area contributed by atoms with Gasteiger partial charge in [0.2, 0.25) is 0 Å². The van der Waals surface area contributed by atoms with Gasteiger partial charge < -0.3 is 4.90 Å². The molecule has 1 aromatic carbocycles. The minimum absolute atomic E-state index is 0.816. The second-order valence-electron chi connectivity index (χ2n) is 6.14. The maximum Gasteiger partial charge on any atom is 0.000967 e. The highest BCUT2D eigenvalue weighted by Crippen LogP contribution is 2.33. The standard InChI is InChI=1S/C15H21N.C3H8.2C2H6/c1-2-4-14(5-3-1)15-8-10-16(11-9-15)12-13-6-7-13;1-3-2;2*1-2/h1-5,13,15H,6-12H2;3H2,1-2H3;2*1-2H3. The third kappa shape index (κ3) is 9.81. The quantitative estimate of drug-likeness (QED) is 0.596. The summed E-state index contributed by atoms with van der Waals surface area (Å²) in [5, 5.41) is 0. The van der Waals surface area contributed by atoms with Gasteiger partial charge in [-0.2, -0.15) is 0 Å². The second kappa shape index (κ2) is 14.8. The molecular weight excluding hydrogens is 278 g/mol. The number of benzene rings is 1. The van der Waals surface area contributed by atoms with Crippen molar-refractivity contribution in [3.63, 3.8) is 0 Å². The maximum atomic E-state index is 2.68. The predicted molar refractivity (Wildman–Crippen MR) is 106 cm³/mol. The molecule has 1 saturated heterocycles. The van der Waals surface area contributed by atoms with Crippen LogP contribution in [0.1, 0.15) is 85.1 Å². The van der Waals surface area contributed by atoms with Crippen LogP contribution in [0.2, 0.25) is 0 Å². The summed E-state index contributed by atoms with van der Waals surface area (Å²) in [6.07, 6.45) is 6.94. The molecule has 134 valence electrons. The first kappa shape index (κ1) is 22.2. The maximum absolute atomic E-state index is 2.68. The van der Waals surface area contributed by atoms with E-state index in [4.69, 9.17) is 0 Å². The van der Waals surface area contributed by atoms with Crippen LogP contribution in [0.5, 0.6) is 0 Å². The topological polar surface area (TPSA) is 3.24 Å². The van der Waals surface area contributed by atoms with Gasteiger partial charge in [0.05, 0.1) is 0 Å². The zero-order valence-corrected chi connectivity index (χ0v) is 16.6. The van der Waals surface area contributed by atoms with Crippen LogP contribution in [0, 0.1) is 5.92 Å². The lowest BCUT2D eigenvalue weighted by molar-refractivity contribution is 0.204. The first-order valence-corrected chi connectivity index (χ1v) is 10.1. The lowest BCUT2D eigenvalue weighted by Gasteiger charge is -2.32. The van der Waals surface area contributed by atoms with Crippen molar-refractivity contribution in [3.05, 3.63) is 35.9 Å². The Hall–Kier alpha value is -0.820. The van der Waals surface area contributed by atoms with E-state index in [1.54, 1.807) is 5.56 Å². The van der Waals surface area contributed by atoms with E-state index < -0.39 is 0 Å². The first-order chi connectivity index (χ1) is 11.3. The summed E-state index contributed by atoms with van der Waals surface area (Å²) >= 11 is 0. The smallest absolute Gasteiger partial charge is 0.000967 e. The molecule has 1 nitrogen and oxygen atoms in total. The number of rotatable bonds is 3. The molecule has 1 saturated carbocycles. The van der Waals surface area contributed by atoms with Crippen molar-refractivity contribution < 1.29 is 0 Å². The van der Waals surface area contributed by atoms with Gasteiger partial charge >= 0.3 is 0 Å². The molecule has 0 bridgehead atoms. The minimum atomic E-state index is 0.816. The molecule has 0 spiro atoms. The molecule has 2 fully saturated rings. The molecule has 0 radical (unpaired) electrons. The third-order valence-corrected chi connectivity index (χ3v) is 4.07. The number of hydrogen-bond acceptors (Lipinski definition) is 1. The summed E-state index contributed by atoms with van der Waals surface area (Å²) in [6.45, 7) is 16.3. The summed E-state index contributed by atoms with van der Waals surface area (Å²) in [6, 6.07) is 11.0. The molecule has 1 heterocycles. The lowest BCUT2D eigenvalue weighted by atomic mass is 9.89. The van der Waals surface area contributed by atoms with Gasteiger partial charge in [-0.25, -0.2) is 0 Å². The van der Waals surface area contributed by atoms with E-state index in [1.165, 1.54) is 51.7 Å². The van der Waals surface area contributed by atoms with Crippen LogP contribution >= 0.6 is 0 Å². The van der Waals surface area contributed by atoms with E-state index in [9.17, 15) is 0 Å². The highest BCUT2D eigenvalue weighted by atomic mass is 15.1. The van der Waals surface area contributed by atoms with Gasteiger partial charge in [-0.15, -0.1) is 0 Å². The van der Waals surface area contributed by atoms with Gasteiger partial charge in [-0.1, -0.05) is 78.3 Å². The molecule has 1 aliphatic carbocycles. The zero-order valence-electron chi connectivity index (χ0n) is 16.6. The zero-order chi connectivity index (χ0) is 17.5. The summed E-state index contributed by atoms with van der Waals surface area (Å²) in [5.74, 6) is 1.87. The van der Waals surface area contributed by atoms with Crippen LogP contribution in [0.4, 0.5) is 0 Å². The predicted octanol–water partition coefficient (Wildman–Crippen LogP) is 6.74. The van der Waals surface area contributed by atoms with Crippen molar-refractivity contribution in [1.29, 1.82) is 0 Å². The first-order valence-electron chi connectivity index (χ1n) is 10.1. The van der Waals surface area contributed by atoms with Gasteiger partial charge in [0.1, 0.15) is 0 Å². The Labute approximate surface area is 146 Å². The summed E-state index contributed by atoms with van der Waals surface area (Å²) in [7, 11) is 0. The van der Waals surface area contributed by atoms with Crippen molar-refractivity contribution in [3.8, 4) is 0 Å². The molecule has 1 aliphatic heterocycles. The van der Waals surface area contributed by atoms with Crippen LogP contribution in [-0.4, -0.2) is 24.5 Å². The fourth-order valence-electron chi connectivity index (χ4n) is 2.84. The largest absolute Gasteiger partial charge is 0.303 e. The van der Waals surface area contributed by atoms with E-state index in [1.807, 2.05) is 27.7 Å². The van der Waals surface area contributed by atoms with Gasteiger partial charge in [0.25, 0.3) is 0 Å². The molecule has 0 aromatic heterocycles. The molecule has 0 amide bonds. The normalized spacial score (nSPS) is 17.7. The lowest BCUT2D eigenvalue weighted by Crippen LogP contribution is -2.34. The van der Waals surface area contributed by atoms with Gasteiger partial charge in [0, 0.05) is 6.54 Å². The highest BCUT2D eigenvalue weighted by molar-refractivity contribution is 5.20. The number of hydrogen-bond donors (Lipinski definition) is 0. The summed E-state index contributed by atoms with van der Waals surface area (Å²) in [5.41, 5.74) is 1.55. The minimum Gasteiger partial charge on any atom is -0.303 e. The fourth-order valence-corrected chi connectivity index (χ4v) is 2.84. The van der Waals surface area contributed by atoms with Gasteiger partial charge in [-0.05, 0) is 56.2 Å². The van der Waals surface area contributed by atoms with Crippen molar-refractivity contribution in [2.75, 3.05) is 19.6 Å². The molecule has 0 N–H and O–H groups in total. The van der Waals surface area contributed by atoms with Gasteiger partial charge in [-0.3, -0.25) is 0 Å². The molecule has 23 heavy (non-hydrogen) atoms. The fraction of sp³-hybridized carbons (Fsp3) is 0.727. The molecule has 2 aliphatic rings. The van der Waals surface area contributed by atoms with Crippen LogP contribution < -0.4 is 0 Å². The Kier molecular flexibility index (Phi) is 14.2. The highest BCUT2D eigenvalue weighted by Gasteiger charge is 2.27. The van der Waals surface area contributed by atoms with Crippen LogP contribution in [-0.2, 0) is 0 Å². The van der Waals surface area contributed by atoms with E-state index in [0.717, 1.165) is 11.8 Å². The molecule has 0 unspecified atom stereocenters. The van der Waals surface area contributed by atoms with Crippen LogP contribution in [0.15, 0.2) is 30.3 Å². The Bertz CT molecular complexity index is 334. The Balaban J connectivity index is 0.000000609. The van der Waals surface area contributed by atoms with E-state index in [2.05, 4.69) is 49.1 Å². The number of likely N-dealkylation sites (tertiary alicyclic amines) is 1.